The van der Waals surface area contributed by atoms with Crippen molar-refractivity contribution in [3.8, 4) is 17.2 Å². The third kappa shape index (κ3) is 3.33. The van der Waals surface area contributed by atoms with Crippen LogP contribution in [0, 0.1) is 6.92 Å². The molecule has 1 N–H and O–H groups in total. The Bertz CT molecular complexity index is 998. The number of hydrogen-bond acceptors (Lipinski definition) is 5. The molecule has 3 rings (SSSR count). The minimum atomic E-state index is -0.401. The van der Waals surface area contributed by atoms with Crippen molar-refractivity contribution in [2.24, 2.45) is 7.05 Å². The highest BCUT2D eigenvalue weighted by molar-refractivity contribution is 6.32. The average Bonchev–Trinajstić information content (AvgIpc) is 2.90. The van der Waals surface area contributed by atoms with Crippen molar-refractivity contribution in [3.63, 3.8) is 0 Å². The maximum absolute atomic E-state index is 12.1. The van der Waals surface area contributed by atoms with Crippen molar-refractivity contribution < 1.29 is 9.84 Å². The number of aromatic nitrogens is 4. The van der Waals surface area contributed by atoms with Crippen LogP contribution in [0.1, 0.15) is 11.1 Å². The Morgan fingerprint density at radius 2 is 1.96 bits per heavy atom. The summed E-state index contributed by atoms with van der Waals surface area (Å²) in [5.41, 5.74) is 1.26. The minimum Gasteiger partial charge on any atom is -0.508 e. The van der Waals surface area contributed by atoms with Gasteiger partial charge < -0.3 is 9.84 Å². The molecule has 0 atom stereocenters. The van der Waals surface area contributed by atoms with Crippen molar-refractivity contribution in [2.75, 3.05) is 0 Å². The van der Waals surface area contributed by atoms with Crippen molar-refractivity contribution in [3.05, 3.63) is 62.0 Å². The lowest BCUT2D eigenvalue weighted by molar-refractivity contribution is 0.305. The van der Waals surface area contributed by atoms with Crippen LogP contribution >= 0.6 is 23.2 Å². The van der Waals surface area contributed by atoms with E-state index in [4.69, 9.17) is 27.9 Å². The quantitative estimate of drug-likeness (QED) is 0.752. The standard InChI is InChI=1S/C16H14Cl2N4O3/c1-9-6-15(12(18)7-14(9)23)25-8-10-11(17)4-3-5-13(10)22-16(24)21(2)19-20-22/h3-7,23H,8H2,1-2H3. The Balaban J connectivity index is 1.97. The smallest absolute Gasteiger partial charge is 0.368 e. The Labute approximate surface area is 153 Å². The van der Waals surface area contributed by atoms with Gasteiger partial charge in [-0.25, -0.2) is 4.79 Å². The lowest BCUT2D eigenvalue weighted by atomic mass is 10.2. The molecular weight excluding hydrogens is 367 g/mol. The van der Waals surface area contributed by atoms with Crippen LogP contribution in [0.5, 0.6) is 11.5 Å². The van der Waals surface area contributed by atoms with Gasteiger partial charge >= 0.3 is 5.69 Å². The topological polar surface area (TPSA) is 82.2 Å². The predicted molar refractivity (Wildman–Crippen MR) is 93.8 cm³/mol. The van der Waals surface area contributed by atoms with E-state index in [0.717, 1.165) is 9.36 Å². The molecule has 0 bridgehead atoms. The first-order chi connectivity index (χ1) is 11.9. The van der Waals surface area contributed by atoms with Gasteiger partial charge in [-0.2, -0.15) is 9.36 Å². The van der Waals surface area contributed by atoms with Crippen LogP contribution in [-0.2, 0) is 13.7 Å². The lowest BCUT2D eigenvalue weighted by Crippen LogP contribution is -2.23. The highest BCUT2D eigenvalue weighted by Crippen LogP contribution is 2.33. The van der Waals surface area contributed by atoms with Gasteiger partial charge in [0, 0.05) is 23.7 Å². The van der Waals surface area contributed by atoms with Gasteiger partial charge in [0.25, 0.3) is 0 Å². The summed E-state index contributed by atoms with van der Waals surface area (Å²) in [5.74, 6) is 0.483. The van der Waals surface area contributed by atoms with Crippen molar-refractivity contribution >= 4 is 23.2 Å². The van der Waals surface area contributed by atoms with Gasteiger partial charge in [0.05, 0.1) is 10.7 Å². The Hall–Kier alpha value is -2.51. The molecule has 0 aliphatic heterocycles. The second kappa shape index (κ2) is 6.78. The zero-order valence-electron chi connectivity index (χ0n) is 13.4. The van der Waals surface area contributed by atoms with Crippen molar-refractivity contribution in [2.45, 2.75) is 13.5 Å². The van der Waals surface area contributed by atoms with Crippen LogP contribution in [0.2, 0.25) is 10.0 Å². The van der Waals surface area contributed by atoms with Gasteiger partial charge in [-0.3, -0.25) is 0 Å². The molecule has 7 nitrogen and oxygen atoms in total. The largest absolute Gasteiger partial charge is 0.508 e. The van der Waals surface area contributed by atoms with Crippen LogP contribution in [0.4, 0.5) is 0 Å². The summed E-state index contributed by atoms with van der Waals surface area (Å²) in [6, 6.07) is 8.13. The van der Waals surface area contributed by atoms with Gasteiger partial charge in [-0.05, 0) is 41.1 Å². The first-order valence-electron chi connectivity index (χ1n) is 7.27. The van der Waals surface area contributed by atoms with Crippen LogP contribution in [0.15, 0.2) is 35.1 Å². The molecule has 0 aliphatic rings. The number of benzene rings is 2. The molecule has 3 aromatic rings. The molecule has 0 unspecified atom stereocenters. The number of rotatable bonds is 4. The molecule has 0 saturated heterocycles. The number of halogens is 2. The van der Waals surface area contributed by atoms with Crippen molar-refractivity contribution in [1.29, 1.82) is 0 Å². The fraction of sp³-hybridized carbons (Fsp3) is 0.188. The molecular formula is C16H14Cl2N4O3. The zero-order valence-corrected chi connectivity index (χ0v) is 14.9. The third-order valence-corrected chi connectivity index (χ3v) is 4.32. The molecule has 1 aromatic heterocycles. The van der Waals surface area contributed by atoms with Crippen molar-refractivity contribution in [1.82, 2.24) is 19.8 Å². The second-order valence-electron chi connectivity index (χ2n) is 5.39. The highest BCUT2D eigenvalue weighted by atomic mass is 35.5. The maximum atomic E-state index is 12.1. The molecule has 25 heavy (non-hydrogen) atoms. The number of aryl methyl sites for hydroxylation is 2. The van der Waals surface area contributed by atoms with Gasteiger partial charge in [0.1, 0.15) is 18.1 Å². The molecule has 0 spiro atoms. The normalized spacial score (nSPS) is 10.9. The van der Waals surface area contributed by atoms with E-state index < -0.39 is 5.69 Å². The average molecular weight is 381 g/mol. The number of phenols is 1. The monoisotopic (exact) mass is 380 g/mol. The first kappa shape index (κ1) is 17.3. The summed E-state index contributed by atoms with van der Waals surface area (Å²) in [6.45, 7) is 1.79. The summed E-state index contributed by atoms with van der Waals surface area (Å²) in [7, 11) is 1.51. The molecule has 0 fully saturated rings. The molecule has 9 heteroatoms. The summed E-state index contributed by atoms with van der Waals surface area (Å²) >= 11 is 12.4. The van der Waals surface area contributed by atoms with E-state index in [0.29, 0.717) is 27.6 Å². The van der Waals surface area contributed by atoms with Crippen LogP contribution in [-0.4, -0.2) is 24.9 Å². The van der Waals surface area contributed by atoms with Gasteiger partial charge in [0.2, 0.25) is 0 Å². The Kier molecular flexibility index (Phi) is 4.69. The predicted octanol–water partition coefficient (Wildman–Crippen LogP) is 2.87. The van der Waals surface area contributed by atoms with E-state index in [1.807, 2.05) is 0 Å². The molecule has 0 radical (unpaired) electrons. The number of phenolic OH excluding ortho intramolecular Hbond substituents is 1. The van der Waals surface area contributed by atoms with Crippen LogP contribution < -0.4 is 10.4 Å². The van der Waals surface area contributed by atoms with Gasteiger partial charge in [-0.15, -0.1) is 0 Å². The molecule has 0 amide bonds. The summed E-state index contributed by atoms with van der Waals surface area (Å²) in [6.07, 6.45) is 0. The molecule has 1 heterocycles. The first-order valence-corrected chi connectivity index (χ1v) is 8.02. The van der Waals surface area contributed by atoms with Gasteiger partial charge in [0.15, 0.2) is 0 Å². The summed E-state index contributed by atoms with van der Waals surface area (Å²) in [4.78, 5) is 12.1. The van der Waals surface area contributed by atoms with Crippen LogP contribution in [0.3, 0.4) is 0 Å². The third-order valence-electron chi connectivity index (χ3n) is 3.67. The lowest BCUT2D eigenvalue weighted by Gasteiger charge is -2.13. The minimum absolute atomic E-state index is 0.0575. The maximum Gasteiger partial charge on any atom is 0.368 e. The number of nitrogens with zero attached hydrogens (tertiary/aromatic N) is 4. The Morgan fingerprint density at radius 1 is 1.20 bits per heavy atom. The molecule has 0 aliphatic carbocycles. The fourth-order valence-electron chi connectivity index (χ4n) is 2.26. The molecule has 0 saturated carbocycles. The zero-order chi connectivity index (χ0) is 18.1. The fourth-order valence-corrected chi connectivity index (χ4v) is 2.70. The summed E-state index contributed by atoms with van der Waals surface area (Å²) in [5, 5.41) is 17.9. The van der Waals surface area contributed by atoms with E-state index in [9.17, 15) is 9.90 Å². The number of hydrogen-bond donors (Lipinski definition) is 1. The molecule has 2 aromatic carbocycles. The number of aromatic hydroxyl groups is 1. The summed E-state index contributed by atoms with van der Waals surface area (Å²) < 4.78 is 8.01. The number of ether oxygens (including phenoxy) is 1. The van der Waals surface area contributed by atoms with E-state index >= 15 is 0 Å². The highest BCUT2D eigenvalue weighted by Gasteiger charge is 2.15. The van der Waals surface area contributed by atoms with E-state index in [-0.39, 0.29) is 17.4 Å². The van der Waals surface area contributed by atoms with E-state index in [1.165, 1.54) is 13.1 Å². The van der Waals surface area contributed by atoms with Crippen LogP contribution in [0.25, 0.3) is 5.69 Å². The number of tetrazole rings is 1. The Morgan fingerprint density at radius 3 is 2.64 bits per heavy atom. The second-order valence-corrected chi connectivity index (χ2v) is 6.21. The molecule has 130 valence electrons. The van der Waals surface area contributed by atoms with E-state index in [2.05, 4.69) is 10.4 Å². The van der Waals surface area contributed by atoms with Gasteiger partial charge in [-0.1, -0.05) is 29.3 Å². The SMILES string of the molecule is Cc1cc(OCc2c(Cl)cccc2-n2nnn(C)c2=O)c(Cl)cc1O. The van der Waals surface area contributed by atoms with E-state index in [1.54, 1.807) is 31.2 Å².